The molecule has 1 aromatic heterocycles. The summed E-state index contributed by atoms with van der Waals surface area (Å²) in [5, 5.41) is 1.88. The molecule has 0 N–H and O–H groups in total. The maximum Gasteiger partial charge on any atom is 0.257 e. The first kappa shape index (κ1) is 20.4. The number of halogens is 2. The van der Waals surface area contributed by atoms with Gasteiger partial charge in [-0.15, -0.1) is 11.3 Å². The van der Waals surface area contributed by atoms with Crippen molar-refractivity contribution in [1.82, 2.24) is 4.90 Å². The molecule has 4 rings (SSSR count). The van der Waals surface area contributed by atoms with Gasteiger partial charge in [-0.3, -0.25) is 14.4 Å². The molecule has 1 saturated heterocycles. The average Bonchev–Trinajstić information content (AvgIpc) is 3.35. The number of imide groups is 1. The smallest absolute Gasteiger partial charge is 0.257 e. The number of anilines is 1. The van der Waals surface area contributed by atoms with Crippen molar-refractivity contribution in [2.24, 2.45) is 0 Å². The largest absolute Gasteiger partial charge is 0.321 e. The van der Waals surface area contributed by atoms with Gasteiger partial charge < -0.3 is 4.90 Å². The van der Waals surface area contributed by atoms with E-state index in [4.69, 9.17) is 0 Å². The van der Waals surface area contributed by atoms with Gasteiger partial charge in [-0.25, -0.2) is 9.29 Å². The molecular weight excluding hydrogens is 471 g/mol. The topological polar surface area (TPSA) is 57.7 Å². The van der Waals surface area contributed by atoms with Crippen LogP contribution < -0.4 is 4.90 Å². The molecule has 1 atom stereocenters. The molecule has 0 spiro atoms. The van der Waals surface area contributed by atoms with Gasteiger partial charge in [-0.05, 0) is 60.0 Å². The third-order valence-corrected chi connectivity index (χ3v) is 6.23. The maximum absolute atomic E-state index is 13.3. The summed E-state index contributed by atoms with van der Waals surface area (Å²) in [6, 6.07) is 14.8. The van der Waals surface area contributed by atoms with Crippen molar-refractivity contribution in [3.63, 3.8) is 0 Å². The fraction of sp³-hybridized carbons (Fsp3) is 0.136. The summed E-state index contributed by atoms with van der Waals surface area (Å²) in [6.07, 6.45) is -0.104. The van der Waals surface area contributed by atoms with Crippen LogP contribution in [0.4, 0.5) is 10.1 Å². The molecule has 1 aliphatic rings. The van der Waals surface area contributed by atoms with Crippen LogP contribution in [0.5, 0.6) is 0 Å². The quantitative estimate of drug-likeness (QED) is 0.494. The van der Waals surface area contributed by atoms with Gasteiger partial charge >= 0.3 is 0 Å². The number of thiophene rings is 1. The molecule has 2 aromatic carbocycles. The van der Waals surface area contributed by atoms with E-state index >= 15 is 0 Å². The minimum absolute atomic E-state index is 0.104. The Morgan fingerprint density at radius 1 is 1.10 bits per heavy atom. The number of hydrogen-bond acceptors (Lipinski definition) is 4. The molecular formula is C22H16BrFN2O3S. The van der Waals surface area contributed by atoms with Gasteiger partial charge in [0, 0.05) is 14.9 Å². The van der Waals surface area contributed by atoms with Gasteiger partial charge in [0.25, 0.3) is 11.8 Å². The zero-order chi connectivity index (χ0) is 21.3. The summed E-state index contributed by atoms with van der Waals surface area (Å²) >= 11 is 4.79. The Balaban J connectivity index is 1.67. The zero-order valence-electron chi connectivity index (χ0n) is 15.6. The van der Waals surface area contributed by atoms with Gasteiger partial charge in [0.05, 0.1) is 18.7 Å². The first-order valence-electron chi connectivity index (χ1n) is 9.15. The highest BCUT2D eigenvalue weighted by molar-refractivity contribution is 9.10. The molecule has 3 aromatic rings. The van der Waals surface area contributed by atoms with Crippen LogP contribution in [0, 0.1) is 5.82 Å². The molecule has 2 heterocycles. The van der Waals surface area contributed by atoms with Crippen LogP contribution in [0.25, 0.3) is 0 Å². The summed E-state index contributed by atoms with van der Waals surface area (Å²) < 4.78 is 14.1. The van der Waals surface area contributed by atoms with Crippen molar-refractivity contribution in [3.05, 3.63) is 86.8 Å². The number of amides is 3. The Hall–Kier alpha value is -2.84. The lowest BCUT2D eigenvalue weighted by molar-refractivity contribution is -0.122. The molecule has 1 unspecified atom stereocenters. The lowest BCUT2D eigenvalue weighted by Gasteiger charge is -2.27. The summed E-state index contributed by atoms with van der Waals surface area (Å²) in [5.74, 6) is -1.69. The molecule has 3 amide bonds. The molecule has 1 aliphatic heterocycles. The van der Waals surface area contributed by atoms with Crippen LogP contribution in [0.3, 0.4) is 0 Å². The highest BCUT2D eigenvalue weighted by Crippen LogP contribution is 2.29. The fourth-order valence-corrected chi connectivity index (χ4v) is 4.34. The number of hydrogen-bond donors (Lipinski definition) is 0. The van der Waals surface area contributed by atoms with Gasteiger partial charge in [0.15, 0.2) is 0 Å². The van der Waals surface area contributed by atoms with Crippen molar-refractivity contribution in [1.29, 1.82) is 0 Å². The predicted molar refractivity (Wildman–Crippen MR) is 116 cm³/mol. The van der Waals surface area contributed by atoms with E-state index in [9.17, 15) is 18.8 Å². The van der Waals surface area contributed by atoms with Crippen molar-refractivity contribution in [3.8, 4) is 0 Å². The van der Waals surface area contributed by atoms with E-state index in [2.05, 4.69) is 15.9 Å². The second-order valence-corrected chi connectivity index (χ2v) is 8.73. The van der Waals surface area contributed by atoms with Crippen molar-refractivity contribution < 1.29 is 18.8 Å². The Morgan fingerprint density at radius 2 is 1.80 bits per heavy atom. The first-order chi connectivity index (χ1) is 14.4. The normalized spacial score (nSPS) is 16.2. The van der Waals surface area contributed by atoms with E-state index in [0.717, 1.165) is 14.2 Å². The summed E-state index contributed by atoms with van der Waals surface area (Å²) in [6.45, 7) is 0.186. The minimum Gasteiger partial charge on any atom is -0.321 e. The van der Waals surface area contributed by atoms with E-state index in [1.54, 1.807) is 24.3 Å². The number of rotatable bonds is 5. The molecule has 30 heavy (non-hydrogen) atoms. The molecule has 5 nitrogen and oxygen atoms in total. The van der Waals surface area contributed by atoms with E-state index in [1.165, 1.54) is 40.5 Å². The first-order valence-corrected chi connectivity index (χ1v) is 10.8. The number of carbonyl (C=O) groups is 3. The number of nitrogens with zero attached hydrogens (tertiary/aromatic N) is 2. The second-order valence-electron chi connectivity index (χ2n) is 6.78. The lowest BCUT2D eigenvalue weighted by atomic mass is 10.1. The summed E-state index contributed by atoms with van der Waals surface area (Å²) in [7, 11) is 0. The van der Waals surface area contributed by atoms with Crippen LogP contribution in [-0.2, 0) is 16.1 Å². The second kappa shape index (κ2) is 8.49. The Bertz CT molecular complexity index is 1080. The van der Waals surface area contributed by atoms with Crippen LogP contribution in [0.2, 0.25) is 0 Å². The Kier molecular flexibility index (Phi) is 5.78. The highest BCUT2D eigenvalue weighted by atomic mass is 79.9. The molecule has 152 valence electrons. The van der Waals surface area contributed by atoms with Gasteiger partial charge in [0.2, 0.25) is 5.91 Å². The van der Waals surface area contributed by atoms with E-state index < -0.39 is 23.7 Å². The van der Waals surface area contributed by atoms with E-state index in [1.807, 2.05) is 17.5 Å². The van der Waals surface area contributed by atoms with Crippen LogP contribution in [0.1, 0.15) is 21.7 Å². The summed E-state index contributed by atoms with van der Waals surface area (Å²) in [4.78, 5) is 42.5. The molecule has 0 radical (unpaired) electrons. The highest BCUT2D eigenvalue weighted by Gasteiger charge is 2.44. The van der Waals surface area contributed by atoms with Gasteiger partial charge in [0.1, 0.15) is 11.9 Å². The third-order valence-electron chi connectivity index (χ3n) is 4.84. The SMILES string of the molecule is O=C1CC(N(Cc2cccs2)C(=O)c2ccc(F)cc2)C(=O)N1c1ccc(Br)cc1. The van der Waals surface area contributed by atoms with Gasteiger partial charge in [-0.1, -0.05) is 22.0 Å². The predicted octanol–water partition coefficient (Wildman–Crippen LogP) is 4.62. The van der Waals surface area contributed by atoms with E-state index in [0.29, 0.717) is 5.69 Å². The van der Waals surface area contributed by atoms with Crippen LogP contribution >= 0.6 is 27.3 Å². The number of carbonyl (C=O) groups excluding carboxylic acids is 3. The standard InChI is InChI=1S/C22H16BrFN2O3S/c23-15-5-9-17(10-6-15)26-20(27)12-19(22(26)29)25(13-18-2-1-11-30-18)21(28)14-3-7-16(24)8-4-14/h1-11,19H,12-13H2. The zero-order valence-corrected chi connectivity index (χ0v) is 18.0. The minimum atomic E-state index is -0.930. The van der Waals surface area contributed by atoms with Crippen molar-refractivity contribution >= 4 is 50.7 Å². The molecule has 0 aliphatic carbocycles. The van der Waals surface area contributed by atoms with Crippen molar-refractivity contribution in [2.45, 2.75) is 19.0 Å². The lowest BCUT2D eigenvalue weighted by Crippen LogP contribution is -2.45. The Labute approximate surface area is 184 Å². The van der Waals surface area contributed by atoms with Gasteiger partial charge in [-0.2, -0.15) is 0 Å². The molecule has 0 bridgehead atoms. The maximum atomic E-state index is 13.3. The van der Waals surface area contributed by atoms with Crippen molar-refractivity contribution in [2.75, 3.05) is 4.90 Å². The van der Waals surface area contributed by atoms with Crippen LogP contribution in [0.15, 0.2) is 70.5 Å². The van der Waals surface area contributed by atoms with Crippen LogP contribution in [-0.4, -0.2) is 28.7 Å². The molecule has 8 heteroatoms. The van der Waals surface area contributed by atoms with E-state index in [-0.39, 0.29) is 24.4 Å². The number of benzene rings is 2. The Morgan fingerprint density at radius 3 is 2.43 bits per heavy atom. The summed E-state index contributed by atoms with van der Waals surface area (Å²) in [5.41, 5.74) is 0.719. The monoisotopic (exact) mass is 486 g/mol. The molecule has 1 fully saturated rings. The fourth-order valence-electron chi connectivity index (χ4n) is 3.37. The average molecular weight is 487 g/mol. The third kappa shape index (κ3) is 4.06. The molecule has 0 saturated carbocycles.